The van der Waals surface area contributed by atoms with Crippen molar-refractivity contribution in [3.8, 4) is 0 Å². The fourth-order valence-corrected chi connectivity index (χ4v) is 2.98. The molecule has 2 aromatic heterocycles. The third-order valence-corrected chi connectivity index (χ3v) is 4.46. The number of benzene rings is 1. The lowest BCUT2D eigenvalue weighted by Crippen LogP contribution is -2.44. The molecule has 4 rings (SSSR count). The maximum atomic E-state index is 12.4. The van der Waals surface area contributed by atoms with E-state index in [4.69, 9.17) is 0 Å². The summed E-state index contributed by atoms with van der Waals surface area (Å²) in [6, 6.07) is 9.35. The van der Waals surface area contributed by atoms with Crippen molar-refractivity contribution in [1.29, 1.82) is 0 Å². The summed E-state index contributed by atoms with van der Waals surface area (Å²) in [4.78, 5) is 25.3. The number of likely N-dealkylation sites (N-methyl/N-ethyl adjacent to an activating group) is 1. The number of carbonyl (C=O) groups is 1. The number of amides is 1. The number of piperazine rings is 1. The van der Waals surface area contributed by atoms with E-state index in [1.165, 1.54) is 6.33 Å². The Morgan fingerprint density at radius 2 is 1.96 bits per heavy atom. The highest BCUT2D eigenvalue weighted by molar-refractivity contribution is 5.90. The molecule has 134 valence electrons. The molecule has 9 heteroatoms. The number of para-hydroxylation sites is 1. The highest BCUT2D eigenvalue weighted by Gasteiger charge is 2.16. The molecule has 1 fully saturated rings. The van der Waals surface area contributed by atoms with Gasteiger partial charge in [-0.1, -0.05) is 17.3 Å². The lowest BCUT2D eigenvalue weighted by atomic mass is 10.3. The van der Waals surface area contributed by atoms with Gasteiger partial charge in [0.1, 0.15) is 30.0 Å². The smallest absolute Gasteiger partial charge is 0.247 e. The molecule has 0 atom stereocenters. The molecule has 9 nitrogen and oxygen atoms in total. The molecule has 1 aromatic carbocycles. The van der Waals surface area contributed by atoms with Gasteiger partial charge in [-0.2, -0.15) is 0 Å². The van der Waals surface area contributed by atoms with Crippen LogP contribution in [0.25, 0.3) is 11.0 Å². The number of nitrogens with one attached hydrogen (secondary N) is 1. The minimum atomic E-state index is -0.205. The lowest BCUT2D eigenvalue weighted by Gasteiger charge is -2.33. The van der Waals surface area contributed by atoms with Crippen LogP contribution in [0.3, 0.4) is 0 Å². The maximum Gasteiger partial charge on any atom is 0.247 e. The van der Waals surface area contributed by atoms with Crippen LogP contribution in [-0.2, 0) is 11.3 Å². The van der Waals surface area contributed by atoms with Crippen LogP contribution < -0.4 is 10.2 Å². The molecule has 1 amide bonds. The van der Waals surface area contributed by atoms with E-state index in [1.54, 1.807) is 4.68 Å². The van der Waals surface area contributed by atoms with Gasteiger partial charge in [0.15, 0.2) is 0 Å². The topological polar surface area (TPSA) is 92.1 Å². The summed E-state index contributed by atoms with van der Waals surface area (Å²) in [5, 5.41) is 10.9. The lowest BCUT2D eigenvalue weighted by molar-refractivity contribution is -0.116. The molecule has 26 heavy (non-hydrogen) atoms. The van der Waals surface area contributed by atoms with E-state index in [9.17, 15) is 4.79 Å². The second-order valence-electron chi connectivity index (χ2n) is 6.34. The SMILES string of the molecule is CN1CCN(c2cc(NC(=O)Cn3nnc4ccccc43)ncn2)CC1. The van der Waals surface area contributed by atoms with Crippen LogP contribution in [0.4, 0.5) is 11.6 Å². The molecule has 1 aliphatic rings. The maximum absolute atomic E-state index is 12.4. The van der Waals surface area contributed by atoms with E-state index in [-0.39, 0.29) is 12.5 Å². The van der Waals surface area contributed by atoms with Crippen molar-refractivity contribution in [3.63, 3.8) is 0 Å². The summed E-state index contributed by atoms with van der Waals surface area (Å²) in [5.41, 5.74) is 1.59. The predicted octanol–water partition coefficient (Wildman–Crippen LogP) is 0.612. The summed E-state index contributed by atoms with van der Waals surface area (Å²) in [6.07, 6.45) is 1.48. The van der Waals surface area contributed by atoms with Gasteiger partial charge in [-0.25, -0.2) is 14.6 Å². The molecule has 0 aliphatic carbocycles. The van der Waals surface area contributed by atoms with Crippen LogP contribution in [-0.4, -0.2) is 69.0 Å². The van der Waals surface area contributed by atoms with Gasteiger partial charge in [-0.3, -0.25) is 4.79 Å². The summed E-state index contributed by atoms with van der Waals surface area (Å²) in [7, 11) is 2.11. The zero-order valence-corrected chi connectivity index (χ0v) is 14.5. The Bertz CT molecular complexity index is 916. The van der Waals surface area contributed by atoms with Crippen LogP contribution >= 0.6 is 0 Å². The van der Waals surface area contributed by atoms with Gasteiger partial charge in [0.2, 0.25) is 5.91 Å². The number of hydrogen-bond acceptors (Lipinski definition) is 7. The van der Waals surface area contributed by atoms with Crippen molar-refractivity contribution in [2.75, 3.05) is 43.4 Å². The number of fused-ring (bicyclic) bond motifs is 1. The fraction of sp³-hybridized carbons (Fsp3) is 0.353. The average Bonchev–Trinajstić information content (AvgIpc) is 3.05. The number of rotatable bonds is 4. The van der Waals surface area contributed by atoms with Gasteiger partial charge in [-0.05, 0) is 19.2 Å². The minimum absolute atomic E-state index is 0.0777. The number of anilines is 2. The first-order valence-corrected chi connectivity index (χ1v) is 8.53. The number of carbonyl (C=O) groups excluding carboxylic acids is 1. The molecule has 0 radical (unpaired) electrons. The Kier molecular flexibility index (Phi) is 4.44. The van der Waals surface area contributed by atoms with Gasteiger partial charge in [0, 0.05) is 32.2 Å². The normalized spacial score (nSPS) is 15.3. The molecular formula is C17H20N8O. The fourth-order valence-electron chi connectivity index (χ4n) is 2.98. The second-order valence-corrected chi connectivity index (χ2v) is 6.34. The highest BCUT2D eigenvalue weighted by atomic mass is 16.2. The predicted molar refractivity (Wildman–Crippen MR) is 97.9 cm³/mol. The molecule has 0 unspecified atom stereocenters. The van der Waals surface area contributed by atoms with Crippen molar-refractivity contribution in [1.82, 2.24) is 29.9 Å². The number of hydrogen-bond donors (Lipinski definition) is 1. The van der Waals surface area contributed by atoms with E-state index < -0.39 is 0 Å². The van der Waals surface area contributed by atoms with Crippen molar-refractivity contribution in [3.05, 3.63) is 36.7 Å². The quantitative estimate of drug-likeness (QED) is 0.735. The van der Waals surface area contributed by atoms with E-state index >= 15 is 0 Å². The Balaban J connectivity index is 1.43. The standard InChI is InChI=1S/C17H20N8O/c1-23-6-8-24(9-7-23)16-10-15(18-12-19-16)20-17(26)11-25-14-5-3-2-4-13(14)21-22-25/h2-5,10,12H,6-9,11H2,1H3,(H,18,19,20,26). The molecule has 0 spiro atoms. The Morgan fingerprint density at radius 1 is 1.15 bits per heavy atom. The van der Waals surface area contributed by atoms with E-state index in [0.29, 0.717) is 5.82 Å². The molecule has 1 saturated heterocycles. The Labute approximate surface area is 150 Å². The third-order valence-electron chi connectivity index (χ3n) is 4.46. The first-order valence-electron chi connectivity index (χ1n) is 8.53. The summed E-state index contributed by atoms with van der Waals surface area (Å²) < 4.78 is 1.58. The third kappa shape index (κ3) is 3.47. The van der Waals surface area contributed by atoms with Gasteiger partial charge >= 0.3 is 0 Å². The van der Waals surface area contributed by atoms with Crippen molar-refractivity contribution < 1.29 is 4.79 Å². The molecule has 3 heterocycles. The molecule has 3 aromatic rings. The zero-order valence-electron chi connectivity index (χ0n) is 14.5. The second kappa shape index (κ2) is 7.04. The average molecular weight is 352 g/mol. The Morgan fingerprint density at radius 3 is 2.81 bits per heavy atom. The van der Waals surface area contributed by atoms with Gasteiger partial charge in [0.25, 0.3) is 0 Å². The first kappa shape index (κ1) is 16.4. The largest absolute Gasteiger partial charge is 0.354 e. The van der Waals surface area contributed by atoms with E-state index in [1.807, 2.05) is 30.3 Å². The summed E-state index contributed by atoms with van der Waals surface area (Å²) >= 11 is 0. The number of aromatic nitrogens is 5. The van der Waals surface area contributed by atoms with Crippen LogP contribution in [0.2, 0.25) is 0 Å². The summed E-state index contributed by atoms with van der Waals surface area (Å²) in [6.45, 7) is 3.88. The minimum Gasteiger partial charge on any atom is -0.354 e. The molecule has 1 N–H and O–H groups in total. The van der Waals surface area contributed by atoms with Crippen molar-refractivity contribution in [2.45, 2.75) is 6.54 Å². The zero-order chi connectivity index (χ0) is 17.9. The van der Waals surface area contributed by atoms with Crippen LogP contribution in [0.15, 0.2) is 36.7 Å². The first-order chi connectivity index (χ1) is 12.7. The summed E-state index contributed by atoms with van der Waals surface area (Å²) in [5.74, 6) is 1.11. The monoisotopic (exact) mass is 352 g/mol. The highest BCUT2D eigenvalue weighted by Crippen LogP contribution is 2.16. The molecule has 0 bridgehead atoms. The molecule has 1 aliphatic heterocycles. The Hall–Kier alpha value is -3.07. The van der Waals surface area contributed by atoms with Crippen LogP contribution in [0.5, 0.6) is 0 Å². The van der Waals surface area contributed by atoms with Gasteiger partial charge in [-0.15, -0.1) is 5.10 Å². The van der Waals surface area contributed by atoms with E-state index in [2.05, 4.69) is 42.4 Å². The molecule has 0 saturated carbocycles. The van der Waals surface area contributed by atoms with Crippen molar-refractivity contribution in [2.24, 2.45) is 0 Å². The van der Waals surface area contributed by atoms with Crippen molar-refractivity contribution >= 4 is 28.6 Å². The number of nitrogens with zero attached hydrogens (tertiary/aromatic N) is 7. The van der Waals surface area contributed by atoms with Crippen LogP contribution in [0.1, 0.15) is 0 Å². The molecular weight excluding hydrogens is 332 g/mol. The van der Waals surface area contributed by atoms with Crippen LogP contribution in [0, 0.1) is 0 Å². The van der Waals surface area contributed by atoms with Gasteiger partial charge < -0.3 is 15.1 Å². The van der Waals surface area contributed by atoms with E-state index in [0.717, 1.165) is 43.0 Å². The van der Waals surface area contributed by atoms with Gasteiger partial charge in [0.05, 0.1) is 5.52 Å².